The van der Waals surface area contributed by atoms with Crippen LogP contribution in [0.2, 0.25) is 0 Å². The topological polar surface area (TPSA) is 136 Å². The van der Waals surface area contributed by atoms with Gasteiger partial charge in [0, 0.05) is 24.3 Å². The summed E-state index contributed by atoms with van der Waals surface area (Å²) in [5, 5.41) is 26.2. The van der Waals surface area contributed by atoms with Gasteiger partial charge in [-0.15, -0.1) is 10.2 Å². The van der Waals surface area contributed by atoms with E-state index in [9.17, 15) is 27.5 Å². The van der Waals surface area contributed by atoms with Gasteiger partial charge in [0.2, 0.25) is 0 Å². The number of carbonyl (C=O) groups is 1. The number of ketones is 1. The lowest BCUT2D eigenvalue weighted by Crippen LogP contribution is -2.02. The number of nitrogens with zero attached hydrogens (tertiary/aromatic N) is 6. The van der Waals surface area contributed by atoms with Crippen LogP contribution in [0.5, 0.6) is 28.7 Å². The first-order valence-corrected chi connectivity index (χ1v) is 14.9. The van der Waals surface area contributed by atoms with E-state index in [2.05, 4.69) is 20.6 Å². The molecule has 1 N–H and O–H groups in total. The van der Waals surface area contributed by atoms with Gasteiger partial charge in [0.25, 0.3) is 0 Å². The van der Waals surface area contributed by atoms with E-state index in [1.54, 1.807) is 18.2 Å². The maximum atomic E-state index is 14.3. The van der Waals surface area contributed by atoms with Crippen LogP contribution in [0.4, 0.5) is 17.6 Å². The third kappa shape index (κ3) is 7.80. The van der Waals surface area contributed by atoms with E-state index in [0.717, 1.165) is 33.6 Å². The van der Waals surface area contributed by atoms with Crippen molar-refractivity contribution in [2.75, 3.05) is 14.2 Å². The first kappa shape index (κ1) is 34.2. The van der Waals surface area contributed by atoms with Crippen molar-refractivity contribution in [3.8, 4) is 40.1 Å². The monoisotopic (exact) mass is 702 g/mol. The molecule has 6 rings (SSSR count). The van der Waals surface area contributed by atoms with Crippen molar-refractivity contribution < 1.29 is 46.4 Å². The summed E-state index contributed by atoms with van der Waals surface area (Å²) in [6, 6.07) is 13.6. The Balaban J connectivity index is 1.24. The average Bonchev–Trinajstić information content (AvgIpc) is 3.79. The molecule has 51 heavy (non-hydrogen) atoms. The Morgan fingerprint density at radius 3 is 1.86 bits per heavy atom. The third-order valence-electron chi connectivity index (χ3n) is 7.30. The quantitative estimate of drug-likeness (QED) is 0.0845. The number of phenols is 1. The van der Waals surface area contributed by atoms with E-state index < -0.39 is 29.1 Å². The van der Waals surface area contributed by atoms with Crippen LogP contribution in [0, 0.1) is 23.3 Å². The molecule has 0 aliphatic rings. The van der Waals surface area contributed by atoms with Crippen LogP contribution in [-0.4, -0.2) is 55.1 Å². The molecule has 0 saturated carbocycles. The highest BCUT2D eigenvalue weighted by Crippen LogP contribution is 2.35. The zero-order valence-electron chi connectivity index (χ0n) is 26.8. The lowest BCUT2D eigenvalue weighted by atomic mass is 10.1. The van der Waals surface area contributed by atoms with Crippen LogP contribution in [0.15, 0.2) is 85.2 Å². The number of rotatable bonds is 13. The fraction of sp³-hybridized carbons (Fsp3) is 0.114. The molecule has 0 amide bonds. The lowest BCUT2D eigenvalue weighted by Gasteiger charge is -2.12. The van der Waals surface area contributed by atoms with Gasteiger partial charge in [-0.25, -0.2) is 26.9 Å². The fourth-order valence-electron chi connectivity index (χ4n) is 4.82. The molecule has 0 aliphatic heterocycles. The Morgan fingerprint density at radius 1 is 0.725 bits per heavy atom. The summed E-state index contributed by atoms with van der Waals surface area (Å²) in [6.07, 6.45) is 5.54. The maximum Gasteiger partial charge on any atom is 0.193 e. The molecule has 0 bridgehead atoms. The highest BCUT2D eigenvalue weighted by atomic mass is 19.1. The van der Waals surface area contributed by atoms with E-state index in [1.807, 2.05) is 0 Å². The number of ether oxygens (including phenoxy) is 4. The van der Waals surface area contributed by atoms with Crippen molar-refractivity contribution in [3.63, 3.8) is 0 Å². The Labute approximate surface area is 286 Å². The van der Waals surface area contributed by atoms with Gasteiger partial charge in [0.1, 0.15) is 70.4 Å². The number of allylic oxidation sites excluding steroid dienone is 1. The minimum absolute atomic E-state index is 0.0148. The van der Waals surface area contributed by atoms with Gasteiger partial charge >= 0.3 is 0 Å². The average molecular weight is 703 g/mol. The number of hydrogen-bond donors (Lipinski definition) is 1. The summed E-state index contributed by atoms with van der Waals surface area (Å²) in [5.74, 6) is -3.20. The molecule has 0 aliphatic carbocycles. The Bertz CT molecular complexity index is 2260. The molecule has 0 atom stereocenters. The number of benzene rings is 4. The highest BCUT2D eigenvalue weighted by molar-refractivity contribution is 6.10. The fourth-order valence-corrected chi connectivity index (χ4v) is 4.82. The van der Waals surface area contributed by atoms with Crippen molar-refractivity contribution >= 4 is 11.9 Å². The Kier molecular flexibility index (Phi) is 9.92. The summed E-state index contributed by atoms with van der Waals surface area (Å²) >= 11 is 0. The second kappa shape index (κ2) is 14.8. The summed E-state index contributed by atoms with van der Waals surface area (Å²) in [6.45, 7) is -0.300. The SMILES string of the molecule is COc1cc(O)c(C(=O)/C=C/c2ccc(OCc3cn(-c4ccc(F)cc4F)nn3)c(OCc3cn(-c4ccc(F)cc4F)nn3)c2)c(OC)c1. The van der Waals surface area contributed by atoms with Crippen molar-refractivity contribution in [1.82, 2.24) is 30.0 Å². The first-order chi connectivity index (χ1) is 24.6. The van der Waals surface area contributed by atoms with Gasteiger partial charge in [-0.1, -0.05) is 22.6 Å². The maximum absolute atomic E-state index is 14.3. The molecule has 2 heterocycles. The van der Waals surface area contributed by atoms with E-state index in [4.69, 9.17) is 18.9 Å². The van der Waals surface area contributed by atoms with Crippen molar-refractivity contribution in [1.29, 1.82) is 0 Å². The van der Waals surface area contributed by atoms with Crippen LogP contribution < -0.4 is 18.9 Å². The Morgan fingerprint density at radius 2 is 1.31 bits per heavy atom. The zero-order valence-corrected chi connectivity index (χ0v) is 26.8. The standard InChI is InChI=1S/C35H26F4N6O6/c1-48-25-14-31(47)35(34(15-25)49-2)30(46)9-3-20-4-10-32(50-18-23-16-44(42-40-23)28-7-5-21(36)12-26(28)38)33(11-20)51-19-24-17-45(43-41-24)29-8-6-22(37)13-27(29)39/h3-17,47H,18-19H2,1-2H3/b9-3+. The summed E-state index contributed by atoms with van der Waals surface area (Å²) in [7, 11) is 2.77. The minimum atomic E-state index is -0.836. The van der Waals surface area contributed by atoms with Crippen molar-refractivity contribution in [2.24, 2.45) is 0 Å². The number of aromatic nitrogens is 6. The summed E-state index contributed by atoms with van der Waals surface area (Å²) in [5.41, 5.74) is 0.972. The molecule has 0 spiro atoms. The normalized spacial score (nSPS) is 11.2. The summed E-state index contributed by atoms with van der Waals surface area (Å²) in [4.78, 5) is 13.1. The number of halogens is 4. The number of carbonyl (C=O) groups excluding carboxylic acids is 1. The van der Waals surface area contributed by atoms with E-state index in [-0.39, 0.29) is 58.8 Å². The van der Waals surface area contributed by atoms with Crippen LogP contribution in [0.3, 0.4) is 0 Å². The minimum Gasteiger partial charge on any atom is -0.507 e. The van der Waals surface area contributed by atoms with E-state index in [0.29, 0.717) is 17.0 Å². The summed E-state index contributed by atoms with van der Waals surface area (Å²) < 4.78 is 80.0. The zero-order chi connectivity index (χ0) is 36.1. The smallest absolute Gasteiger partial charge is 0.193 e. The van der Waals surface area contributed by atoms with Gasteiger partial charge < -0.3 is 24.1 Å². The number of aromatic hydroxyl groups is 1. The van der Waals surface area contributed by atoms with Gasteiger partial charge in [0.15, 0.2) is 28.9 Å². The van der Waals surface area contributed by atoms with Gasteiger partial charge in [0.05, 0.1) is 26.6 Å². The molecule has 260 valence electrons. The molecule has 0 saturated heterocycles. The number of hydrogen-bond acceptors (Lipinski definition) is 10. The van der Waals surface area contributed by atoms with Crippen LogP contribution in [-0.2, 0) is 13.2 Å². The largest absolute Gasteiger partial charge is 0.507 e. The molecule has 16 heteroatoms. The highest BCUT2D eigenvalue weighted by Gasteiger charge is 2.18. The van der Waals surface area contributed by atoms with Gasteiger partial charge in [-0.3, -0.25) is 4.79 Å². The first-order valence-electron chi connectivity index (χ1n) is 14.9. The third-order valence-corrected chi connectivity index (χ3v) is 7.30. The van der Waals surface area contributed by atoms with Crippen LogP contribution in [0.1, 0.15) is 27.3 Å². The molecule has 0 radical (unpaired) electrons. The lowest BCUT2D eigenvalue weighted by molar-refractivity contribution is 0.104. The van der Waals surface area contributed by atoms with E-state index >= 15 is 0 Å². The Hall–Kier alpha value is -6.71. The van der Waals surface area contributed by atoms with E-state index in [1.165, 1.54) is 63.0 Å². The van der Waals surface area contributed by atoms with Gasteiger partial charge in [-0.05, 0) is 48.0 Å². The predicted molar refractivity (Wildman–Crippen MR) is 172 cm³/mol. The molecular weight excluding hydrogens is 676 g/mol. The molecule has 12 nitrogen and oxygen atoms in total. The molecule has 4 aromatic carbocycles. The molecular formula is C35H26F4N6O6. The molecule has 0 fully saturated rings. The van der Waals surface area contributed by atoms with Crippen LogP contribution in [0.25, 0.3) is 17.5 Å². The molecule has 2 aromatic heterocycles. The van der Waals surface area contributed by atoms with Crippen LogP contribution >= 0.6 is 0 Å². The van der Waals surface area contributed by atoms with Crippen molar-refractivity contribution in [2.45, 2.75) is 13.2 Å². The second-order valence-electron chi connectivity index (χ2n) is 10.7. The number of methoxy groups -OCH3 is 2. The molecule has 0 unspecified atom stereocenters. The molecule has 6 aromatic rings. The van der Waals surface area contributed by atoms with Crippen molar-refractivity contribution in [3.05, 3.63) is 131 Å². The predicted octanol–water partition coefficient (Wildman–Crippen LogP) is 6.18. The second-order valence-corrected chi connectivity index (χ2v) is 10.7. The van der Waals surface area contributed by atoms with Gasteiger partial charge in [-0.2, -0.15) is 0 Å². The number of phenolic OH excluding ortho intramolecular Hbond substituents is 1.